The van der Waals surface area contributed by atoms with Gasteiger partial charge in [0.2, 0.25) is 0 Å². The van der Waals surface area contributed by atoms with E-state index < -0.39 is 43.8 Å². The molecule has 0 aliphatic carbocycles. The van der Waals surface area contributed by atoms with Crippen molar-refractivity contribution in [1.82, 2.24) is 0 Å². The first-order valence-corrected chi connectivity index (χ1v) is 12.4. The number of carbonyl (C=O) groups excluding carboxylic acids is 1. The quantitative estimate of drug-likeness (QED) is 0.625. The van der Waals surface area contributed by atoms with E-state index in [1.807, 2.05) is 0 Å². The van der Waals surface area contributed by atoms with Crippen LogP contribution in [0.25, 0.3) is 0 Å². The Morgan fingerprint density at radius 3 is 2.59 bits per heavy atom. The molecule has 2 aliphatic heterocycles. The molecule has 2 aliphatic rings. The average Bonchev–Trinajstić information content (AvgIpc) is 3.17. The maximum absolute atomic E-state index is 13.4. The molecule has 0 unspecified atom stereocenters. The third-order valence-electron chi connectivity index (χ3n) is 4.93. The Balaban J connectivity index is 1.65. The smallest absolute Gasteiger partial charge is 0.417 e. The molecule has 0 N–H and O–H groups in total. The van der Waals surface area contributed by atoms with Gasteiger partial charge in [-0.3, -0.25) is 4.79 Å². The van der Waals surface area contributed by atoms with Crippen LogP contribution in [-0.4, -0.2) is 48.9 Å². The number of amides is 1. The normalized spacial score (nSPS) is 23.4. The number of anilines is 1. The number of amidine groups is 1. The summed E-state index contributed by atoms with van der Waals surface area (Å²) in [6.07, 6.45) is -4.70. The molecule has 4 rings (SSSR count). The van der Waals surface area contributed by atoms with E-state index in [0.29, 0.717) is 5.75 Å². The molecule has 2 fully saturated rings. The molecule has 2 aromatic rings. The van der Waals surface area contributed by atoms with E-state index in [-0.39, 0.29) is 29.0 Å². The van der Waals surface area contributed by atoms with Gasteiger partial charge in [-0.15, -0.1) is 0 Å². The van der Waals surface area contributed by atoms with Crippen molar-refractivity contribution in [3.05, 3.63) is 59.1 Å². The van der Waals surface area contributed by atoms with Gasteiger partial charge in [0, 0.05) is 10.9 Å². The van der Waals surface area contributed by atoms with Crippen LogP contribution < -0.4 is 9.64 Å². The van der Waals surface area contributed by atoms with Gasteiger partial charge >= 0.3 is 6.18 Å². The van der Waals surface area contributed by atoms with Gasteiger partial charge in [0.25, 0.3) is 5.91 Å². The summed E-state index contributed by atoms with van der Waals surface area (Å²) >= 11 is 6.78. The van der Waals surface area contributed by atoms with Crippen molar-refractivity contribution < 1.29 is 31.1 Å². The lowest BCUT2D eigenvalue weighted by atomic mass is 10.1. The number of hydrogen-bond acceptors (Lipinski definition) is 5. The van der Waals surface area contributed by atoms with Gasteiger partial charge in [-0.25, -0.2) is 8.42 Å². The number of halogens is 4. The number of benzene rings is 2. The van der Waals surface area contributed by atoms with Crippen LogP contribution in [0.3, 0.4) is 0 Å². The first-order valence-electron chi connectivity index (χ1n) is 9.36. The fourth-order valence-electron chi connectivity index (χ4n) is 3.55. The molecule has 2 atom stereocenters. The number of hydrogen-bond donors (Lipinski definition) is 0. The Kier molecular flexibility index (Phi) is 6.17. The highest BCUT2D eigenvalue weighted by atomic mass is 35.5. The van der Waals surface area contributed by atoms with E-state index in [0.717, 1.165) is 23.9 Å². The summed E-state index contributed by atoms with van der Waals surface area (Å²) < 4.78 is 69.7. The van der Waals surface area contributed by atoms with E-state index in [1.165, 1.54) is 11.0 Å². The molecule has 0 radical (unpaired) electrons. The van der Waals surface area contributed by atoms with Gasteiger partial charge < -0.3 is 9.64 Å². The lowest BCUT2D eigenvalue weighted by Crippen LogP contribution is -2.38. The molecule has 12 heteroatoms. The number of fused-ring (bicyclic) bond motifs is 1. The Morgan fingerprint density at radius 2 is 1.91 bits per heavy atom. The summed E-state index contributed by atoms with van der Waals surface area (Å²) in [6.45, 7) is -0.371. The predicted molar refractivity (Wildman–Crippen MR) is 117 cm³/mol. The summed E-state index contributed by atoms with van der Waals surface area (Å²) in [7, 11) is -3.37. The summed E-state index contributed by atoms with van der Waals surface area (Å²) in [4.78, 5) is 17.8. The molecule has 1 amide bonds. The van der Waals surface area contributed by atoms with Gasteiger partial charge in [-0.1, -0.05) is 41.6 Å². The van der Waals surface area contributed by atoms with Crippen molar-refractivity contribution in [1.29, 1.82) is 0 Å². The third-order valence-corrected chi connectivity index (χ3v) is 8.47. The highest BCUT2D eigenvalue weighted by molar-refractivity contribution is 8.16. The molecule has 0 saturated carbocycles. The van der Waals surface area contributed by atoms with Crippen molar-refractivity contribution >= 4 is 50.0 Å². The molecule has 2 saturated heterocycles. The monoisotopic (exact) mass is 504 g/mol. The molecule has 6 nitrogen and oxygen atoms in total. The minimum absolute atomic E-state index is 0.0642. The number of thioether (sulfide) groups is 1. The largest absolute Gasteiger partial charge is 0.484 e. The second kappa shape index (κ2) is 8.60. The minimum Gasteiger partial charge on any atom is -0.484 e. The Morgan fingerprint density at radius 1 is 1.19 bits per heavy atom. The molecule has 0 aromatic heterocycles. The Bertz CT molecular complexity index is 1170. The van der Waals surface area contributed by atoms with Crippen LogP contribution >= 0.6 is 23.4 Å². The van der Waals surface area contributed by atoms with E-state index in [1.54, 1.807) is 30.3 Å². The lowest BCUT2D eigenvalue weighted by molar-refractivity contribution is -0.137. The first kappa shape index (κ1) is 22.9. The third kappa shape index (κ3) is 4.89. The maximum Gasteiger partial charge on any atom is 0.417 e. The van der Waals surface area contributed by atoms with Crippen LogP contribution in [0.15, 0.2) is 53.5 Å². The van der Waals surface area contributed by atoms with Crippen LogP contribution in [0.5, 0.6) is 5.75 Å². The zero-order chi connectivity index (χ0) is 23.1. The highest BCUT2D eigenvalue weighted by Gasteiger charge is 2.49. The fraction of sp³-hybridized carbons (Fsp3) is 0.300. The van der Waals surface area contributed by atoms with E-state index in [4.69, 9.17) is 16.3 Å². The van der Waals surface area contributed by atoms with Crippen LogP contribution in [0, 0.1) is 0 Å². The van der Waals surface area contributed by atoms with Gasteiger partial charge in [-0.2, -0.15) is 18.2 Å². The summed E-state index contributed by atoms with van der Waals surface area (Å²) in [6, 6.07) is 11.2. The number of alkyl halides is 3. The van der Waals surface area contributed by atoms with Crippen LogP contribution in [0.4, 0.5) is 18.9 Å². The van der Waals surface area contributed by atoms with Crippen molar-refractivity contribution in [2.24, 2.45) is 4.99 Å². The van der Waals surface area contributed by atoms with E-state index in [2.05, 4.69) is 4.99 Å². The molecule has 32 heavy (non-hydrogen) atoms. The van der Waals surface area contributed by atoms with Crippen LogP contribution in [0.1, 0.15) is 5.56 Å². The van der Waals surface area contributed by atoms with Crippen molar-refractivity contribution in [2.75, 3.05) is 23.0 Å². The Hall–Kier alpha value is -2.24. The summed E-state index contributed by atoms with van der Waals surface area (Å²) in [5.74, 6) is -0.573. The number of nitrogens with zero attached hydrogens (tertiary/aromatic N) is 2. The van der Waals surface area contributed by atoms with Gasteiger partial charge in [0.1, 0.15) is 5.75 Å². The minimum atomic E-state index is -4.70. The van der Waals surface area contributed by atoms with Gasteiger partial charge in [0.05, 0.1) is 28.1 Å². The van der Waals surface area contributed by atoms with Crippen LogP contribution in [0.2, 0.25) is 5.02 Å². The standard InChI is InChI=1S/C20H16ClF3N2O4S2/c21-15-7-6-12(8-14(15)20(22,23)24)26-16-10-32(28,29)11-17(16)31-19(26)25-18(27)9-30-13-4-2-1-3-5-13/h1-8,16-17H,9-11H2/t16-,17-/m0/s1. The second-order valence-corrected chi connectivity index (χ2v) is 11.0. The SMILES string of the molecule is O=C(COc1ccccc1)N=C1S[C@H]2CS(=O)(=O)C[C@@H]2N1c1ccc(Cl)c(C(F)(F)F)c1. The van der Waals surface area contributed by atoms with Crippen LogP contribution in [-0.2, 0) is 20.8 Å². The lowest BCUT2D eigenvalue weighted by Gasteiger charge is -2.25. The number of sulfone groups is 1. The zero-order valence-corrected chi connectivity index (χ0v) is 18.6. The molecule has 2 aromatic carbocycles. The number of aliphatic imine (C=N–C) groups is 1. The fourth-order valence-corrected chi connectivity index (χ4v) is 7.70. The van der Waals surface area contributed by atoms with Crippen molar-refractivity contribution in [3.8, 4) is 5.75 Å². The Labute approximate surface area is 191 Å². The average molecular weight is 505 g/mol. The van der Waals surface area contributed by atoms with Gasteiger partial charge in [-0.05, 0) is 30.3 Å². The molecule has 170 valence electrons. The number of para-hydroxylation sites is 1. The molecule has 0 bridgehead atoms. The summed E-state index contributed by atoms with van der Waals surface area (Å²) in [5.41, 5.74) is -0.988. The molecular formula is C20H16ClF3N2O4S2. The molecular weight excluding hydrogens is 489 g/mol. The summed E-state index contributed by atoms with van der Waals surface area (Å²) in [5, 5.41) is -0.798. The first-order chi connectivity index (χ1) is 15.0. The number of rotatable bonds is 4. The topological polar surface area (TPSA) is 76.0 Å². The number of carbonyl (C=O) groups is 1. The van der Waals surface area contributed by atoms with Crippen molar-refractivity contribution in [2.45, 2.75) is 17.5 Å². The maximum atomic E-state index is 13.4. The molecule has 0 spiro atoms. The zero-order valence-electron chi connectivity index (χ0n) is 16.3. The van der Waals surface area contributed by atoms with E-state index >= 15 is 0 Å². The van der Waals surface area contributed by atoms with E-state index in [9.17, 15) is 26.4 Å². The predicted octanol–water partition coefficient (Wildman–Crippen LogP) is 4.04. The second-order valence-electron chi connectivity index (χ2n) is 7.22. The number of ether oxygens (including phenoxy) is 1. The highest BCUT2D eigenvalue weighted by Crippen LogP contribution is 2.43. The molecule has 2 heterocycles. The van der Waals surface area contributed by atoms with Crippen molar-refractivity contribution in [3.63, 3.8) is 0 Å². The van der Waals surface area contributed by atoms with Gasteiger partial charge in [0.15, 0.2) is 21.6 Å².